The van der Waals surface area contributed by atoms with Crippen LogP contribution in [0.3, 0.4) is 0 Å². The van der Waals surface area contributed by atoms with Crippen molar-refractivity contribution in [1.82, 2.24) is 24.8 Å². The molecule has 0 spiro atoms. The second-order valence-electron chi connectivity index (χ2n) is 13.6. The third kappa shape index (κ3) is 8.79. The Morgan fingerprint density at radius 2 is 1.58 bits per heavy atom. The van der Waals surface area contributed by atoms with E-state index >= 15 is 0 Å². The summed E-state index contributed by atoms with van der Waals surface area (Å²) in [6.45, 7) is 5.22. The molecular formula is C39H35N7O6S5. The van der Waals surface area contributed by atoms with Crippen molar-refractivity contribution in [3.63, 3.8) is 0 Å². The summed E-state index contributed by atoms with van der Waals surface area (Å²) in [5.41, 5.74) is 0.871. The third-order valence-corrected chi connectivity index (χ3v) is 12.9. The largest absolute Gasteiger partial charge is 0.444 e. The highest BCUT2D eigenvalue weighted by atomic mass is 32.2. The smallest absolute Gasteiger partial charge is 0.413 e. The highest BCUT2D eigenvalue weighted by Gasteiger charge is 2.54. The summed E-state index contributed by atoms with van der Waals surface area (Å²) in [4.78, 5) is 66.3. The minimum Gasteiger partial charge on any atom is -0.444 e. The molecule has 0 radical (unpaired) electrons. The summed E-state index contributed by atoms with van der Waals surface area (Å²) in [6, 6.07) is 27.5. The average Bonchev–Trinajstić information content (AvgIpc) is 3.90. The van der Waals surface area contributed by atoms with Gasteiger partial charge in [-0.25, -0.2) is 9.78 Å². The number of aromatic nitrogens is 3. The SMILES string of the molecule is CC(C)(C)OC(=O)Nc1nc(/C(=N/OC(c2ccccc2)(c2ccccc2)c2ccccc2)C(=O)N[C@@H]2C(=O)N3C(C(=O)S)=C(CSc4cnns4)CS[C@H]23)cs1. The quantitative estimate of drug-likeness (QED) is 0.0280. The number of oxime groups is 1. The molecule has 3 aromatic carbocycles. The molecule has 0 saturated carbocycles. The Bertz CT molecular complexity index is 2220. The van der Waals surface area contributed by atoms with Gasteiger partial charge in [0.25, 0.3) is 11.8 Å². The van der Waals surface area contributed by atoms with Crippen molar-refractivity contribution in [3.05, 3.63) is 136 Å². The van der Waals surface area contributed by atoms with Gasteiger partial charge in [-0.1, -0.05) is 113 Å². The number of hydrogen-bond acceptors (Lipinski definition) is 14. The molecule has 7 rings (SSSR count). The van der Waals surface area contributed by atoms with Crippen LogP contribution in [0.2, 0.25) is 0 Å². The average molecular weight is 858 g/mol. The predicted molar refractivity (Wildman–Crippen MR) is 225 cm³/mol. The fraction of sp³-hybridized carbons (Fsp3) is 0.231. The number of thiol groups is 1. The molecule has 2 atom stereocenters. The number of β-lactam (4-membered cyclic amide) rings is 1. The summed E-state index contributed by atoms with van der Waals surface area (Å²) in [6.07, 6.45) is 0.917. The van der Waals surface area contributed by atoms with Crippen LogP contribution >= 0.6 is 59.0 Å². The molecule has 5 aromatic rings. The van der Waals surface area contributed by atoms with E-state index in [1.807, 2.05) is 91.0 Å². The molecule has 2 N–H and O–H groups in total. The molecule has 4 heterocycles. The number of carbonyl (C=O) groups excluding carboxylic acids is 4. The van der Waals surface area contributed by atoms with Gasteiger partial charge in [0.2, 0.25) is 10.7 Å². The number of anilines is 1. The molecule has 18 heteroatoms. The second-order valence-corrected chi connectivity index (χ2v) is 18.0. The third-order valence-electron chi connectivity index (χ3n) is 8.65. The maximum absolute atomic E-state index is 14.5. The number of amides is 3. The maximum Gasteiger partial charge on any atom is 0.413 e. The van der Waals surface area contributed by atoms with Crippen molar-refractivity contribution < 1.29 is 28.8 Å². The van der Waals surface area contributed by atoms with Crippen LogP contribution in [-0.2, 0) is 29.6 Å². The van der Waals surface area contributed by atoms with Crippen molar-refractivity contribution in [2.75, 3.05) is 16.8 Å². The number of carbonyl (C=O) groups is 4. The van der Waals surface area contributed by atoms with E-state index < -0.39 is 45.6 Å². The minimum atomic E-state index is -1.35. The predicted octanol–water partition coefficient (Wildman–Crippen LogP) is 6.96. The first-order valence-electron chi connectivity index (χ1n) is 17.4. The summed E-state index contributed by atoms with van der Waals surface area (Å²) in [7, 11) is 0. The van der Waals surface area contributed by atoms with E-state index in [2.05, 4.69) is 43.0 Å². The van der Waals surface area contributed by atoms with Crippen LogP contribution in [0.25, 0.3) is 0 Å². The lowest BCUT2D eigenvalue weighted by Gasteiger charge is -2.49. The van der Waals surface area contributed by atoms with Gasteiger partial charge in [0.1, 0.15) is 32.6 Å². The zero-order chi connectivity index (χ0) is 40.2. The molecule has 2 aliphatic heterocycles. The molecule has 1 fully saturated rings. The molecule has 0 aliphatic carbocycles. The molecule has 0 bridgehead atoms. The van der Waals surface area contributed by atoms with Crippen molar-refractivity contribution in [2.24, 2.45) is 5.16 Å². The minimum absolute atomic E-state index is 0.0783. The summed E-state index contributed by atoms with van der Waals surface area (Å²) >= 11 is 9.30. The molecular weight excluding hydrogens is 823 g/mol. The number of fused-ring (bicyclic) bond motifs is 1. The Balaban J connectivity index is 1.24. The monoisotopic (exact) mass is 857 g/mol. The second kappa shape index (κ2) is 17.2. The highest BCUT2D eigenvalue weighted by molar-refractivity contribution is 8.02. The van der Waals surface area contributed by atoms with Crippen molar-refractivity contribution in [2.45, 2.75) is 47.6 Å². The van der Waals surface area contributed by atoms with E-state index in [1.165, 1.54) is 40.0 Å². The van der Waals surface area contributed by atoms with Gasteiger partial charge in [0.15, 0.2) is 10.8 Å². The van der Waals surface area contributed by atoms with E-state index in [1.54, 1.807) is 32.3 Å². The number of nitrogens with zero attached hydrogens (tertiary/aromatic N) is 5. The van der Waals surface area contributed by atoms with E-state index in [0.29, 0.717) is 11.5 Å². The topological polar surface area (TPSA) is 165 Å². The van der Waals surface area contributed by atoms with Gasteiger partial charge in [-0.05, 0) is 37.9 Å². The number of hydrogen-bond donors (Lipinski definition) is 3. The van der Waals surface area contributed by atoms with Crippen LogP contribution in [0.5, 0.6) is 0 Å². The Morgan fingerprint density at radius 1 is 0.965 bits per heavy atom. The van der Waals surface area contributed by atoms with Crippen LogP contribution in [0, 0.1) is 0 Å². The number of rotatable bonds is 13. The van der Waals surface area contributed by atoms with Gasteiger partial charge in [0.05, 0.1) is 6.20 Å². The Kier molecular flexibility index (Phi) is 12.2. The number of thioether (sulfide) groups is 2. The summed E-state index contributed by atoms with van der Waals surface area (Å²) in [5.74, 6) is -0.355. The number of benzene rings is 3. The Labute approximate surface area is 350 Å². The lowest BCUT2D eigenvalue weighted by molar-refractivity contribution is -0.146. The molecule has 1 saturated heterocycles. The van der Waals surface area contributed by atoms with E-state index in [9.17, 15) is 19.2 Å². The Morgan fingerprint density at radius 3 is 2.12 bits per heavy atom. The van der Waals surface area contributed by atoms with Gasteiger partial charge in [-0.2, -0.15) is 0 Å². The van der Waals surface area contributed by atoms with Crippen molar-refractivity contribution in [1.29, 1.82) is 0 Å². The molecule has 292 valence electrons. The fourth-order valence-electron chi connectivity index (χ4n) is 6.21. The van der Waals surface area contributed by atoms with E-state index in [4.69, 9.17) is 9.57 Å². The van der Waals surface area contributed by atoms with Crippen LogP contribution in [0.15, 0.2) is 123 Å². The van der Waals surface area contributed by atoms with Crippen LogP contribution < -0.4 is 10.6 Å². The first-order valence-corrected chi connectivity index (χ1v) is 21.6. The van der Waals surface area contributed by atoms with Crippen molar-refractivity contribution >= 4 is 92.9 Å². The standard InChI is InChI=1S/C39H35N7O6S5/c1-38(2,3)51-37(50)43-36-41-27(22-56-36)29(44-52-39(24-13-7-4-8-14-24,25-15-9-5-10-16-25)26-17-11-6-12-18-26)32(47)42-30-33(48)46-31(35(49)53)23(21-55-34(30)46)20-54-28-19-40-45-57-28/h4-19,22,30,34H,20-21H2,1-3H3,(H,42,47)(H,49,53)(H,41,43,50)/b44-29-/t30-,34-/m1/s1. The molecule has 13 nitrogen and oxygen atoms in total. The molecule has 2 aliphatic rings. The van der Waals surface area contributed by atoms with E-state index in [0.717, 1.165) is 37.8 Å². The first kappa shape index (κ1) is 40.2. The number of thiazole rings is 1. The van der Waals surface area contributed by atoms with Gasteiger partial charge in [-0.15, -0.1) is 40.0 Å². The highest BCUT2D eigenvalue weighted by Crippen LogP contribution is 2.43. The zero-order valence-corrected chi connectivity index (χ0v) is 34.8. The fourth-order valence-corrected chi connectivity index (χ4v) is 10.1. The maximum atomic E-state index is 14.5. The zero-order valence-electron chi connectivity index (χ0n) is 30.6. The molecule has 2 aromatic heterocycles. The number of nitrogens with one attached hydrogen (secondary N) is 2. The molecule has 0 unspecified atom stereocenters. The van der Waals surface area contributed by atoms with Gasteiger partial charge in [-0.3, -0.25) is 24.6 Å². The van der Waals surface area contributed by atoms with Crippen LogP contribution in [-0.4, -0.2) is 76.7 Å². The lowest BCUT2D eigenvalue weighted by Crippen LogP contribution is -2.71. The summed E-state index contributed by atoms with van der Waals surface area (Å²) in [5, 5.41) is 14.5. The van der Waals surface area contributed by atoms with Gasteiger partial charge >= 0.3 is 6.09 Å². The summed E-state index contributed by atoms with van der Waals surface area (Å²) < 4.78 is 10.2. The lowest BCUT2D eigenvalue weighted by atomic mass is 9.80. The van der Waals surface area contributed by atoms with Crippen LogP contribution in [0.4, 0.5) is 9.93 Å². The van der Waals surface area contributed by atoms with Gasteiger partial charge < -0.3 is 14.9 Å². The molecule has 57 heavy (non-hydrogen) atoms. The first-order chi connectivity index (χ1) is 27.4. The normalized spacial score (nSPS) is 17.0. The van der Waals surface area contributed by atoms with E-state index in [-0.39, 0.29) is 22.2 Å². The van der Waals surface area contributed by atoms with Gasteiger partial charge in [0, 0.05) is 33.6 Å². The van der Waals surface area contributed by atoms with Crippen LogP contribution in [0.1, 0.15) is 43.2 Å². The Hall–Kier alpha value is -5.01. The molecule has 3 amide bonds. The number of ether oxygens (including phenoxy) is 1. The van der Waals surface area contributed by atoms with Crippen molar-refractivity contribution in [3.8, 4) is 0 Å².